The van der Waals surface area contributed by atoms with E-state index in [0.29, 0.717) is 24.2 Å². The zero-order valence-corrected chi connectivity index (χ0v) is 10.7. The summed E-state index contributed by atoms with van der Waals surface area (Å²) in [5, 5.41) is 12.0. The van der Waals surface area contributed by atoms with Crippen molar-refractivity contribution in [3.8, 4) is 0 Å². The van der Waals surface area contributed by atoms with Crippen molar-refractivity contribution in [3.63, 3.8) is 0 Å². The molecule has 0 saturated carbocycles. The van der Waals surface area contributed by atoms with E-state index in [1.807, 2.05) is 13.0 Å². The van der Waals surface area contributed by atoms with E-state index in [-0.39, 0.29) is 11.7 Å². The van der Waals surface area contributed by atoms with E-state index in [9.17, 15) is 9.18 Å². The molecule has 3 nitrogen and oxygen atoms in total. The smallest absolute Gasteiger partial charge is 0.331 e. The van der Waals surface area contributed by atoms with Crippen molar-refractivity contribution in [3.05, 3.63) is 53.4 Å². The molecule has 1 aliphatic rings. The normalized spacial score (nSPS) is 18.5. The van der Waals surface area contributed by atoms with Gasteiger partial charge in [-0.1, -0.05) is 31.2 Å². The van der Waals surface area contributed by atoms with E-state index in [0.717, 1.165) is 5.57 Å². The van der Waals surface area contributed by atoms with Gasteiger partial charge < -0.3 is 10.4 Å². The van der Waals surface area contributed by atoms with Crippen LogP contribution in [0.25, 0.3) is 0 Å². The van der Waals surface area contributed by atoms with Crippen molar-refractivity contribution >= 4 is 11.7 Å². The molecule has 0 heterocycles. The van der Waals surface area contributed by atoms with E-state index >= 15 is 0 Å². The quantitative estimate of drug-likeness (QED) is 0.875. The number of para-hydroxylation sites is 1. The number of halogens is 1. The second-order valence-electron chi connectivity index (χ2n) is 4.68. The summed E-state index contributed by atoms with van der Waals surface area (Å²) in [6.45, 7) is 2.50. The summed E-state index contributed by atoms with van der Waals surface area (Å²) in [6.07, 6.45) is 3.95. The van der Waals surface area contributed by atoms with Crippen LogP contribution in [-0.4, -0.2) is 17.6 Å². The Morgan fingerprint density at radius 3 is 2.79 bits per heavy atom. The van der Waals surface area contributed by atoms with Crippen LogP contribution in [0.5, 0.6) is 0 Å². The predicted molar refractivity (Wildman–Crippen MR) is 72.5 cm³/mol. The van der Waals surface area contributed by atoms with Gasteiger partial charge in [-0.05, 0) is 30.0 Å². The molecule has 0 saturated heterocycles. The molecule has 0 radical (unpaired) electrons. The Morgan fingerprint density at radius 1 is 1.42 bits per heavy atom. The lowest BCUT2D eigenvalue weighted by Gasteiger charge is -2.21. The fourth-order valence-electron chi connectivity index (χ4n) is 2.09. The Morgan fingerprint density at radius 2 is 2.16 bits per heavy atom. The number of hydrogen-bond acceptors (Lipinski definition) is 2. The first kappa shape index (κ1) is 13.3. The molecule has 0 spiro atoms. The maximum Gasteiger partial charge on any atom is 0.331 e. The van der Waals surface area contributed by atoms with Crippen molar-refractivity contribution in [2.24, 2.45) is 5.92 Å². The Kier molecular flexibility index (Phi) is 4.00. The number of aliphatic carboxylic acids is 1. The Labute approximate surface area is 111 Å². The molecule has 0 bridgehead atoms. The van der Waals surface area contributed by atoms with Crippen LogP contribution in [0.3, 0.4) is 0 Å². The fourth-order valence-corrected chi connectivity index (χ4v) is 2.09. The van der Waals surface area contributed by atoms with Gasteiger partial charge in [0.05, 0.1) is 5.69 Å². The summed E-state index contributed by atoms with van der Waals surface area (Å²) >= 11 is 0. The predicted octanol–water partition coefficient (Wildman–Crippen LogP) is 3.21. The summed E-state index contributed by atoms with van der Waals surface area (Å²) < 4.78 is 13.4. The molecule has 1 aromatic carbocycles. The van der Waals surface area contributed by atoms with Gasteiger partial charge in [0.15, 0.2) is 0 Å². The first-order valence-corrected chi connectivity index (χ1v) is 6.19. The number of anilines is 1. The van der Waals surface area contributed by atoms with E-state index in [1.165, 1.54) is 6.07 Å². The van der Waals surface area contributed by atoms with Gasteiger partial charge in [0.25, 0.3) is 0 Å². The molecule has 1 unspecified atom stereocenters. The average Bonchev–Trinajstić information content (AvgIpc) is 2.39. The van der Waals surface area contributed by atoms with E-state index in [1.54, 1.807) is 24.3 Å². The lowest BCUT2D eigenvalue weighted by atomic mass is 9.88. The molecule has 2 N–H and O–H groups in total. The number of carboxylic acid groups (broad SMARTS) is 1. The molecule has 100 valence electrons. The highest BCUT2D eigenvalue weighted by molar-refractivity contribution is 5.87. The number of allylic oxidation sites excluding steroid dienone is 2. The third kappa shape index (κ3) is 3.22. The highest BCUT2D eigenvalue weighted by Gasteiger charge is 2.18. The molecular weight excluding hydrogens is 245 g/mol. The molecule has 1 aromatic rings. The third-order valence-corrected chi connectivity index (χ3v) is 3.29. The molecule has 0 fully saturated rings. The number of hydrogen-bond donors (Lipinski definition) is 2. The molecule has 1 atom stereocenters. The molecule has 0 amide bonds. The van der Waals surface area contributed by atoms with Gasteiger partial charge >= 0.3 is 5.97 Å². The van der Waals surface area contributed by atoms with Gasteiger partial charge in [0.1, 0.15) is 5.82 Å². The minimum absolute atomic E-state index is 0.148. The van der Waals surface area contributed by atoms with Crippen molar-refractivity contribution < 1.29 is 14.3 Å². The first-order chi connectivity index (χ1) is 9.08. The van der Waals surface area contributed by atoms with Crippen LogP contribution in [0.4, 0.5) is 10.1 Å². The monoisotopic (exact) mass is 261 g/mol. The van der Waals surface area contributed by atoms with E-state index in [4.69, 9.17) is 5.11 Å². The van der Waals surface area contributed by atoms with Crippen LogP contribution < -0.4 is 5.32 Å². The van der Waals surface area contributed by atoms with Crippen molar-refractivity contribution in [1.29, 1.82) is 0 Å². The van der Waals surface area contributed by atoms with E-state index in [2.05, 4.69) is 5.32 Å². The van der Waals surface area contributed by atoms with Crippen LogP contribution in [0, 0.1) is 11.7 Å². The van der Waals surface area contributed by atoms with Gasteiger partial charge in [-0.25, -0.2) is 9.18 Å². The summed E-state index contributed by atoms with van der Waals surface area (Å²) in [4.78, 5) is 10.9. The van der Waals surface area contributed by atoms with Gasteiger partial charge in [0, 0.05) is 12.1 Å². The summed E-state index contributed by atoms with van der Waals surface area (Å²) in [5.41, 5.74) is 1.96. The number of carboxylic acids is 1. The standard InChI is InChI=1S/C15H16FNO2/c1-10-8-11(15(18)19)6-7-12(10)9-17-14-5-3-2-4-13(14)16/h2-7,10,17H,8-9H2,1H3,(H,18,19). The average molecular weight is 261 g/mol. The maximum absolute atomic E-state index is 13.4. The second-order valence-corrected chi connectivity index (χ2v) is 4.68. The highest BCUT2D eigenvalue weighted by Crippen LogP contribution is 2.25. The molecule has 2 rings (SSSR count). The van der Waals surface area contributed by atoms with Crippen LogP contribution >= 0.6 is 0 Å². The zero-order chi connectivity index (χ0) is 13.8. The number of nitrogens with one attached hydrogen (secondary N) is 1. The van der Waals surface area contributed by atoms with Crippen molar-refractivity contribution in [2.45, 2.75) is 13.3 Å². The molecule has 0 aromatic heterocycles. The summed E-state index contributed by atoms with van der Waals surface area (Å²) in [5.74, 6) is -1.01. The van der Waals surface area contributed by atoms with Crippen molar-refractivity contribution in [1.82, 2.24) is 0 Å². The molecular formula is C15H16FNO2. The molecule has 19 heavy (non-hydrogen) atoms. The number of carbonyl (C=O) groups is 1. The Balaban J connectivity index is 2.04. The second kappa shape index (κ2) is 5.69. The first-order valence-electron chi connectivity index (χ1n) is 6.19. The lowest BCUT2D eigenvalue weighted by molar-refractivity contribution is -0.132. The topological polar surface area (TPSA) is 49.3 Å². The minimum atomic E-state index is -0.871. The number of benzene rings is 1. The van der Waals surface area contributed by atoms with Crippen LogP contribution in [0.1, 0.15) is 13.3 Å². The lowest BCUT2D eigenvalue weighted by Crippen LogP contribution is -2.17. The fraction of sp³-hybridized carbons (Fsp3) is 0.267. The summed E-state index contributed by atoms with van der Waals surface area (Å²) in [6, 6.07) is 6.50. The van der Waals surface area contributed by atoms with Gasteiger partial charge in [-0.3, -0.25) is 0 Å². The number of rotatable bonds is 4. The highest BCUT2D eigenvalue weighted by atomic mass is 19.1. The van der Waals surface area contributed by atoms with Gasteiger partial charge in [0.2, 0.25) is 0 Å². The van der Waals surface area contributed by atoms with Crippen LogP contribution in [-0.2, 0) is 4.79 Å². The molecule has 4 heteroatoms. The van der Waals surface area contributed by atoms with Crippen molar-refractivity contribution in [2.75, 3.05) is 11.9 Å². The molecule has 0 aliphatic heterocycles. The van der Waals surface area contributed by atoms with E-state index < -0.39 is 5.97 Å². The zero-order valence-electron chi connectivity index (χ0n) is 10.7. The maximum atomic E-state index is 13.4. The Hall–Kier alpha value is -2.10. The van der Waals surface area contributed by atoms with Gasteiger partial charge in [-0.15, -0.1) is 0 Å². The largest absolute Gasteiger partial charge is 0.478 e. The molecule has 1 aliphatic carbocycles. The minimum Gasteiger partial charge on any atom is -0.478 e. The third-order valence-electron chi connectivity index (χ3n) is 3.29. The van der Waals surface area contributed by atoms with Gasteiger partial charge in [-0.2, -0.15) is 0 Å². The van der Waals surface area contributed by atoms with Crippen LogP contribution in [0.15, 0.2) is 47.6 Å². The summed E-state index contributed by atoms with van der Waals surface area (Å²) in [7, 11) is 0. The van der Waals surface area contributed by atoms with Crippen LogP contribution in [0.2, 0.25) is 0 Å². The SMILES string of the molecule is CC1CC(C(=O)O)=CC=C1CNc1ccccc1F. The Bertz CT molecular complexity index is 549.